The number of nitrogens with one attached hydrogen (secondary N) is 2. The Balaban J connectivity index is 1.31. The summed E-state index contributed by atoms with van der Waals surface area (Å²) in [4.78, 5) is 44.8. The molecule has 0 spiro atoms. The molecule has 4 heterocycles. The van der Waals surface area contributed by atoms with Crippen molar-refractivity contribution in [2.75, 3.05) is 13.7 Å². The molecule has 3 aromatic heterocycles. The van der Waals surface area contributed by atoms with Gasteiger partial charge in [-0.15, -0.1) is 0 Å². The Morgan fingerprint density at radius 3 is 2.33 bits per heavy atom. The number of benzene rings is 2. The second-order valence-corrected chi connectivity index (χ2v) is 15.5. The molecule has 0 bridgehead atoms. The second kappa shape index (κ2) is 15.8. The summed E-state index contributed by atoms with van der Waals surface area (Å²) in [5.74, 6) is 0.901. The fourth-order valence-corrected chi connectivity index (χ4v) is 7.07. The first kappa shape index (κ1) is 38.8. The molecule has 0 unspecified atom stereocenters. The maximum atomic E-state index is 13.3. The predicted octanol–water partition coefficient (Wildman–Crippen LogP) is 7.26. The van der Waals surface area contributed by atoms with E-state index in [-0.39, 0.29) is 36.6 Å². The lowest BCUT2D eigenvalue weighted by molar-refractivity contribution is -0.119. The van der Waals surface area contributed by atoms with E-state index < -0.39 is 11.7 Å². The molecular weight excluding hydrogens is 729 g/mol. The van der Waals surface area contributed by atoms with E-state index in [1.54, 1.807) is 27.1 Å². The summed E-state index contributed by atoms with van der Waals surface area (Å²) in [6, 6.07) is 16.9. The number of halogens is 2. The smallest absolute Gasteiger partial charge is 0.410 e. The first-order valence-corrected chi connectivity index (χ1v) is 18.6. The molecule has 1 saturated heterocycles. The van der Waals surface area contributed by atoms with Crippen LogP contribution in [0.1, 0.15) is 58.8 Å². The number of ether oxygens (including phenoxy) is 2. The van der Waals surface area contributed by atoms with Crippen LogP contribution in [0.5, 0.6) is 5.88 Å². The van der Waals surface area contributed by atoms with E-state index in [4.69, 9.17) is 42.8 Å². The molecule has 0 radical (unpaired) electrons. The lowest BCUT2D eigenvalue weighted by atomic mass is 9.97. The summed E-state index contributed by atoms with van der Waals surface area (Å²) < 4.78 is 14.6. The van der Waals surface area contributed by atoms with Crippen LogP contribution in [-0.4, -0.2) is 67.4 Å². The normalized spacial score (nSPS) is 14.5. The zero-order chi connectivity index (χ0) is 38.9. The minimum atomic E-state index is -0.703. The number of amides is 2. The molecule has 1 fully saturated rings. The fourth-order valence-electron chi connectivity index (χ4n) is 6.40. The van der Waals surface area contributed by atoms with Gasteiger partial charge >= 0.3 is 6.09 Å². The van der Waals surface area contributed by atoms with Crippen molar-refractivity contribution in [1.82, 2.24) is 34.7 Å². The van der Waals surface area contributed by atoms with Gasteiger partial charge in [-0.05, 0) is 45.4 Å². The molecule has 284 valence electrons. The molecule has 12 nitrogen and oxygen atoms in total. The largest absolute Gasteiger partial charge is 0.481 e. The molecule has 2 aromatic carbocycles. The van der Waals surface area contributed by atoms with Crippen LogP contribution in [0.25, 0.3) is 39.0 Å². The second-order valence-electron chi connectivity index (χ2n) is 14.7. The number of fused-ring (bicyclic) bond motifs is 1. The third-order valence-electron chi connectivity index (χ3n) is 9.15. The van der Waals surface area contributed by atoms with Crippen LogP contribution in [0.2, 0.25) is 10.0 Å². The third-order valence-corrected chi connectivity index (χ3v) is 9.96. The number of aromatic nitrogens is 4. The number of pyridine rings is 1. The summed E-state index contributed by atoms with van der Waals surface area (Å²) in [6.45, 7) is 10.4. The Morgan fingerprint density at radius 2 is 1.70 bits per heavy atom. The van der Waals surface area contributed by atoms with Crippen LogP contribution < -0.4 is 20.9 Å². The number of carbonyl (C=O) groups excluding carboxylic acids is 2. The minimum absolute atomic E-state index is 0.0354. The van der Waals surface area contributed by atoms with Crippen molar-refractivity contribution in [3.8, 4) is 39.4 Å². The van der Waals surface area contributed by atoms with Crippen LogP contribution in [0.15, 0.2) is 65.6 Å². The highest BCUT2D eigenvalue weighted by molar-refractivity contribution is 6.39. The molecule has 1 aliphatic heterocycles. The summed E-state index contributed by atoms with van der Waals surface area (Å²) >= 11 is 14.3. The van der Waals surface area contributed by atoms with Gasteiger partial charge in [-0.3, -0.25) is 14.2 Å². The van der Waals surface area contributed by atoms with E-state index in [0.29, 0.717) is 74.6 Å². The summed E-state index contributed by atoms with van der Waals surface area (Å²) in [7, 11) is 3.24. The van der Waals surface area contributed by atoms with Crippen molar-refractivity contribution in [3.05, 3.63) is 92.6 Å². The molecule has 1 aliphatic rings. The lowest BCUT2D eigenvalue weighted by Crippen LogP contribution is -2.43. The van der Waals surface area contributed by atoms with Gasteiger partial charge in [0.2, 0.25) is 11.8 Å². The summed E-state index contributed by atoms with van der Waals surface area (Å²) in [6.07, 6.45) is 2.36. The van der Waals surface area contributed by atoms with E-state index in [2.05, 4.69) is 10.6 Å². The van der Waals surface area contributed by atoms with E-state index in [9.17, 15) is 14.4 Å². The minimum Gasteiger partial charge on any atom is -0.481 e. The highest BCUT2D eigenvalue weighted by Crippen LogP contribution is 2.42. The fraction of sp³-hybridized carbons (Fsp3) is 0.375. The van der Waals surface area contributed by atoms with Crippen molar-refractivity contribution in [2.45, 2.75) is 78.2 Å². The summed E-state index contributed by atoms with van der Waals surface area (Å²) in [5, 5.41) is 11.9. The highest BCUT2D eigenvalue weighted by atomic mass is 35.5. The van der Waals surface area contributed by atoms with Crippen LogP contribution in [0.3, 0.4) is 0 Å². The molecule has 1 atom stereocenters. The maximum absolute atomic E-state index is 13.3. The lowest BCUT2D eigenvalue weighted by Gasteiger charge is -2.29. The number of carbonyl (C=O) groups is 2. The molecule has 5 aromatic rings. The maximum Gasteiger partial charge on any atom is 0.410 e. The van der Waals surface area contributed by atoms with Crippen molar-refractivity contribution in [2.24, 2.45) is 7.05 Å². The zero-order valence-electron chi connectivity index (χ0n) is 31.5. The average Bonchev–Trinajstić information content (AvgIpc) is 3.74. The van der Waals surface area contributed by atoms with Gasteiger partial charge in [0.1, 0.15) is 16.9 Å². The number of methoxy groups -OCH3 is 1. The van der Waals surface area contributed by atoms with Gasteiger partial charge < -0.3 is 25.0 Å². The van der Waals surface area contributed by atoms with Crippen molar-refractivity contribution in [3.63, 3.8) is 0 Å². The Bertz CT molecular complexity index is 2280. The summed E-state index contributed by atoms with van der Waals surface area (Å²) in [5.41, 5.74) is 4.31. The molecule has 0 saturated carbocycles. The van der Waals surface area contributed by atoms with Gasteiger partial charge in [0.05, 0.1) is 35.9 Å². The molecule has 0 aliphatic carbocycles. The quantitative estimate of drug-likeness (QED) is 0.144. The van der Waals surface area contributed by atoms with E-state index in [1.165, 1.54) is 7.11 Å². The van der Waals surface area contributed by atoms with Crippen molar-refractivity contribution in [1.29, 1.82) is 0 Å². The van der Waals surface area contributed by atoms with Gasteiger partial charge in [0.25, 0.3) is 5.56 Å². The van der Waals surface area contributed by atoms with E-state index >= 15 is 0 Å². The Kier molecular flexibility index (Phi) is 11.4. The predicted molar refractivity (Wildman–Crippen MR) is 211 cm³/mol. The molecule has 2 amide bonds. The molecular formula is C40H45Cl2N7O5. The van der Waals surface area contributed by atoms with Gasteiger partial charge in [-0.1, -0.05) is 73.4 Å². The van der Waals surface area contributed by atoms with Crippen molar-refractivity contribution < 1.29 is 19.1 Å². The van der Waals surface area contributed by atoms with E-state index in [0.717, 1.165) is 11.1 Å². The van der Waals surface area contributed by atoms with Gasteiger partial charge in [-0.25, -0.2) is 14.3 Å². The van der Waals surface area contributed by atoms with Gasteiger partial charge in [0, 0.05) is 71.7 Å². The molecule has 6 rings (SSSR count). The SMILES string of the molecule is COc1nc(-c2cccc(-c3cccc(-c4cc5c(=O)n(C)c(CNC(C)C)nn5c4)c3Cl)c2Cl)ccc1CN(C[C@@H]1CCC(=O)N1)C(=O)OC(C)(C)C. The van der Waals surface area contributed by atoms with Crippen molar-refractivity contribution >= 4 is 40.7 Å². The number of nitrogens with zero attached hydrogens (tertiary/aromatic N) is 5. The molecule has 14 heteroatoms. The van der Waals surface area contributed by atoms with Crippen LogP contribution in [0, 0.1) is 0 Å². The number of hydrogen-bond donors (Lipinski definition) is 2. The van der Waals surface area contributed by atoms with Crippen LogP contribution in [0.4, 0.5) is 4.79 Å². The average molecular weight is 775 g/mol. The topological polar surface area (TPSA) is 132 Å². The monoisotopic (exact) mass is 773 g/mol. The van der Waals surface area contributed by atoms with E-state index in [1.807, 2.05) is 89.3 Å². The Hall–Kier alpha value is -4.91. The van der Waals surface area contributed by atoms with Crippen LogP contribution >= 0.6 is 23.2 Å². The third kappa shape index (κ3) is 8.41. The van der Waals surface area contributed by atoms with Crippen LogP contribution in [-0.2, 0) is 29.7 Å². The van der Waals surface area contributed by atoms with Gasteiger partial charge in [0.15, 0.2) is 0 Å². The first-order chi connectivity index (χ1) is 25.6. The Morgan fingerprint density at radius 1 is 1.04 bits per heavy atom. The van der Waals surface area contributed by atoms with Gasteiger partial charge in [-0.2, -0.15) is 5.10 Å². The molecule has 54 heavy (non-hydrogen) atoms. The Labute approximate surface area is 324 Å². The number of hydrogen-bond acceptors (Lipinski definition) is 8. The first-order valence-electron chi connectivity index (χ1n) is 17.8. The highest BCUT2D eigenvalue weighted by Gasteiger charge is 2.29. The zero-order valence-corrected chi connectivity index (χ0v) is 33.0. The number of rotatable bonds is 11. The standard InChI is InChI=1S/C40H45Cl2N7O5/c1-23(2)43-19-33-46-49-21-25(18-32(49)38(51)47(33)6)27-10-8-11-28(35(27)41)29-12-9-13-30(36(29)42)31-16-14-24(37(45-31)53-7)20-48(39(52)54-40(3,4)5)22-26-15-17-34(50)44-26/h8-14,16,18,21,23,26,43H,15,17,19-20,22H2,1-7H3,(H,44,50)/t26-/m0/s1. The molecule has 2 N–H and O–H groups in total.